The van der Waals surface area contributed by atoms with Gasteiger partial charge < -0.3 is 5.32 Å². The third-order valence-corrected chi connectivity index (χ3v) is 3.79. The molecule has 0 aliphatic carbocycles. The summed E-state index contributed by atoms with van der Waals surface area (Å²) in [5, 5.41) is 3.19. The average molecular weight is 294 g/mol. The molecule has 2 rings (SSSR count). The fourth-order valence-corrected chi connectivity index (χ4v) is 2.47. The number of nitrogens with one attached hydrogen (secondary N) is 1. The first-order valence-electron chi connectivity index (χ1n) is 6.45. The zero-order valence-electron chi connectivity index (χ0n) is 11.2. The number of aromatic nitrogens is 1. The van der Waals surface area contributed by atoms with E-state index in [1.165, 1.54) is 23.9 Å². The Morgan fingerprint density at radius 2 is 2.05 bits per heavy atom. The van der Waals surface area contributed by atoms with E-state index >= 15 is 0 Å². The first-order valence-corrected chi connectivity index (χ1v) is 7.44. The number of anilines is 1. The lowest BCUT2D eigenvalue weighted by molar-refractivity contribution is 0.565. The van der Waals surface area contributed by atoms with E-state index in [1.807, 2.05) is 12.1 Å². The van der Waals surface area contributed by atoms with E-state index in [4.69, 9.17) is 0 Å². The van der Waals surface area contributed by atoms with Crippen molar-refractivity contribution in [1.29, 1.82) is 0 Å². The molecule has 0 amide bonds. The Kier molecular flexibility index (Phi) is 5.35. The number of thioether (sulfide) groups is 1. The summed E-state index contributed by atoms with van der Waals surface area (Å²) in [6.45, 7) is 2.98. The van der Waals surface area contributed by atoms with E-state index < -0.39 is 11.6 Å². The SMILES string of the molecule is CCCNc1ccc(CSc2ccc(F)cc2F)cn1. The second kappa shape index (κ2) is 7.24. The van der Waals surface area contributed by atoms with E-state index in [-0.39, 0.29) is 0 Å². The molecule has 1 heterocycles. The molecule has 106 valence electrons. The van der Waals surface area contributed by atoms with Gasteiger partial charge in [0.2, 0.25) is 0 Å². The number of pyridine rings is 1. The molecule has 0 radical (unpaired) electrons. The molecule has 2 aromatic rings. The summed E-state index contributed by atoms with van der Waals surface area (Å²) in [5.74, 6) is 0.362. The molecule has 0 aliphatic heterocycles. The first-order chi connectivity index (χ1) is 9.69. The minimum Gasteiger partial charge on any atom is -0.370 e. The predicted octanol–water partition coefficient (Wildman–Crippen LogP) is 4.47. The minimum absolute atomic E-state index is 0.444. The van der Waals surface area contributed by atoms with Crippen molar-refractivity contribution >= 4 is 17.6 Å². The van der Waals surface area contributed by atoms with Gasteiger partial charge in [0.25, 0.3) is 0 Å². The van der Waals surface area contributed by atoms with E-state index in [2.05, 4.69) is 17.2 Å². The Morgan fingerprint density at radius 1 is 1.20 bits per heavy atom. The van der Waals surface area contributed by atoms with Crippen molar-refractivity contribution in [3.63, 3.8) is 0 Å². The van der Waals surface area contributed by atoms with Crippen LogP contribution in [0.2, 0.25) is 0 Å². The van der Waals surface area contributed by atoms with Crippen molar-refractivity contribution in [2.75, 3.05) is 11.9 Å². The van der Waals surface area contributed by atoms with Crippen LogP contribution in [-0.4, -0.2) is 11.5 Å². The van der Waals surface area contributed by atoms with Crippen LogP contribution < -0.4 is 5.32 Å². The number of nitrogens with zero attached hydrogens (tertiary/aromatic N) is 1. The molecule has 1 aromatic heterocycles. The molecule has 1 aromatic carbocycles. The van der Waals surface area contributed by atoms with Crippen molar-refractivity contribution < 1.29 is 8.78 Å². The summed E-state index contributed by atoms with van der Waals surface area (Å²) in [7, 11) is 0. The van der Waals surface area contributed by atoms with Gasteiger partial charge in [-0.2, -0.15) is 0 Å². The molecule has 0 saturated carbocycles. The number of benzene rings is 1. The van der Waals surface area contributed by atoms with Crippen LogP contribution in [0.5, 0.6) is 0 Å². The maximum absolute atomic E-state index is 13.5. The Morgan fingerprint density at radius 3 is 2.70 bits per heavy atom. The average Bonchev–Trinajstić information content (AvgIpc) is 2.45. The Labute approximate surface area is 121 Å². The Bertz CT molecular complexity index is 558. The van der Waals surface area contributed by atoms with Gasteiger partial charge in [-0.1, -0.05) is 13.0 Å². The van der Waals surface area contributed by atoms with Gasteiger partial charge in [0.05, 0.1) is 0 Å². The lowest BCUT2D eigenvalue weighted by atomic mass is 10.3. The van der Waals surface area contributed by atoms with Gasteiger partial charge in [0.1, 0.15) is 17.5 Å². The van der Waals surface area contributed by atoms with Gasteiger partial charge in [-0.3, -0.25) is 0 Å². The van der Waals surface area contributed by atoms with Gasteiger partial charge in [-0.05, 0) is 30.2 Å². The second-order valence-corrected chi connectivity index (χ2v) is 5.36. The third-order valence-electron chi connectivity index (χ3n) is 2.67. The molecular weight excluding hydrogens is 278 g/mol. The van der Waals surface area contributed by atoms with Gasteiger partial charge in [0, 0.05) is 29.5 Å². The van der Waals surface area contributed by atoms with Crippen molar-refractivity contribution in [1.82, 2.24) is 4.98 Å². The van der Waals surface area contributed by atoms with Gasteiger partial charge >= 0.3 is 0 Å². The standard InChI is InChI=1S/C15H16F2N2S/c1-2-7-18-15-6-3-11(9-19-15)10-20-14-5-4-12(16)8-13(14)17/h3-6,8-9H,2,7,10H2,1H3,(H,18,19). The normalized spacial score (nSPS) is 10.6. The summed E-state index contributed by atoms with van der Waals surface area (Å²) in [6.07, 6.45) is 2.82. The molecule has 20 heavy (non-hydrogen) atoms. The summed E-state index contributed by atoms with van der Waals surface area (Å²) in [5.41, 5.74) is 1.00. The van der Waals surface area contributed by atoms with Crippen LogP contribution in [0.1, 0.15) is 18.9 Å². The Balaban J connectivity index is 1.93. The predicted molar refractivity (Wildman–Crippen MR) is 78.9 cm³/mol. The zero-order chi connectivity index (χ0) is 14.4. The Hall–Kier alpha value is -1.62. The third kappa shape index (κ3) is 4.20. The number of halogens is 2. The highest BCUT2D eigenvalue weighted by atomic mass is 32.2. The number of hydrogen-bond donors (Lipinski definition) is 1. The van der Waals surface area contributed by atoms with Gasteiger partial charge in [-0.15, -0.1) is 11.8 Å². The lowest BCUT2D eigenvalue weighted by Gasteiger charge is -2.06. The van der Waals surface area contributed by atoms with Crippen molar-refractivity contribution in [3.05, 3.63) is 53.7 Å². The summed E-state index contributed by atoms with van der Waals surface area (Å²) < 4.78 is 26.3. The quantitative estimate of drug-likeness (QED) is 0.795. The van der Waals surface area contributed by atoms with Crippen molar-refractivity contribution in [2.24, 2.45) is 0 Å². The zero-order valence-corrected chi connectivity index (χ0v) is 12.0. The lowest BCUT2D eigenvalue weighted by Crippen LogP contribution is -2.01. The van der Waals surface area contributed by atoms with Crippen molar-refractivity contribution in [3.8, 4) is 0 Å². The number of hydrogen-bond acceptors (Lipinski definition) is 3. The van der Waals surface area contributed by atoms with Crippen LogP contribution in [0.25, 0.3) is 0 Å². The topological polar surface area (TPSA) is 24.9 Å². The van der Waals surface area contributed by atoms with Crippen LogP contribution in [0, 0.1) is 11.6 Å². The van der Waals surface area contributed by atoms with E-state index in [0.717, 1.165) is 30.4 Å². The summed E-state index contributed by atoms with van der Waals surface area (Å²) in [6, 6.07) is 7.49. The van der Waals surface area contributed by atoms with Crippen LogP contribution in [0.15, 0.2) is 41.4 Å². The minimum atomic E-state index is -0.556. The van der Waals surface area contributed by atoms with E-state index in [1.54, 1.807) is 6.20 Å². The molecule has 0 fully saturated rings. The molecule has 0 bridgehead atoms. The molecule has 0 saturated heterocycles. The fraction of sp³-hybridized carbons (Fsp3) is 0.267. The van der Waals surface area contributed by atoms with E-state index in [0.29, 0.717) is 10.6 Å². The largest absolute Gasteiger partial charge is 0.370 e. The molecule has 2 nitrogen and oxygen atoms in total. The molecule has 0 aliphatic rings. The first kappa shape index (κ1) is 14.8. The monoisotopic (exact) mass is 294 g/mol. The molecule has 5 heteroatoms. The van der Waals surface area contributed by atoms with Crippen LogP contribution >= 0.6 is 11.8 Å². The maximum atomic E-state index is 13.5. The summed E-state index contributed by atoms with van der Waals surface area (Å²) >= 11 is 1.33. The fourth-order valence-electron chi connectivity index (χ4n) is 1.62. The van der Waals surface area contributed by atoms with Crippen LogP contribution in [-0.2, 0) is 5.75 Å². The second-order valence-electron chi connectivity index (χ2n) is 4.34. The van der Waals surface area contributed by atoms with Crippen LogP contribution in [0.3, 0.4) is 0 Å². The number of rotatable bonds is 6. The van der Waals surface area contributed by atoms with Crippen LogP contribution in [0.4, 0.5) is 14.6 Å². The van der Waals surface area contributed by atoms with Gasteiger partial charge in [-0.25, -0.2) is 13.8 Å². The van der Waals surface area contributed by atoms with Gasteiger partial charge in [0.15, 0.2) is 0 Å². The van der Waals surface area contributed by atoms with Crippen molar-refractivity contribution in [2.45, 2.75) is 24.0 Å². The highest BCUT2D eigenvalue weighted by Gasteiger charge is 2.05. The molecular formula is C15H16F2N2S. The highest BCUT2D eigenvalue weighted by molar-refractivity contribution is 7.98. The molecule has 0 atom stereocenters. The molecule has 1 N–H and O–H groups in total. The maximum Gasteiger partial charge on any atom is 0.139 e. The molecule has 0 spiro atoms. The smallest absolute Gasteiger partial charge is 0.139 e. The summed E-state index contributed by atoms with van der Waals surface area (Å²) in [4.78, 5) is 4.73. The highest BCUT2D eigenvalue weighted by Crippen LogP contribution is 2.25. The molecule has 0 unspecified atom stereocenters. The van der Waals surface area contributed by atoms with E-state index in [9.17, 15) is 8.78 Å².